The molecule has 16 heavy (non-hydrogen) atoms. The van der Waals surface area contributed by atoms with Gasteiger partial charge in [-0.05, 0) is 24.1 Å². The average Bonchev–Trinajstić information content (AvgIpc) is 2.79. The molecule has 0 saturated carbocycles. The van der Waals surface area contributed by atoms with Crippen LogP contribution in [0.1, 0.15) is 5.69 Å². The van der Waals surface area contributed by atoms with Gasteiger partial charge in [0.05, 0.1) is 17.6 Å². The van der Waals surface area contributed by atoms with Gasteiger partial charge in [0, 0.05) is 11.5 Å². The van der Waals surface area contributed by atoms with Crippen LogP contribution in [0.4, 0.5) is 0 Å². The summed E-state index contributed by atoms with van der Waals surface area (Å²) in [6.45, 7) is 0.407. The molecule has 6 nitrogen and oxygen atoms in total. The van der Waals surface area contributed by atoms with Crippen molar-refractivity contribution in [3.05, 3.63) is 52.7 Å². The van der Waals surface area contributed by atoms with E-state index in [2.05, 4.69) is 20.3 Å². The van der Waals surface area contributed by atoms with Crippen LogP contribution < -0.4 is 0 Å². The first-order chi connectivity index (χ1) is 7.90. The van der Waals surface area contributed by atoms with E-state index in [4.69, 9.17) is 5.53 Å². The van der Waals surface area contributed by atoms with Crippen molar-refractivity contribution in [1.82, 2.24) is 15.0 Å². The number of nitrogens with zero attached hydrogens (tertiary/aromatic N) is 6. The van der Waals surface area contributed by atoms with E-state index in [1.165, 1.54) is 0 Å². The molecule has 0 bridgehead atoms. The molecule has 0 fully saturated rings. The number of benzene rings is 1. The highest BCUT2D eigenvalue weighted by atomic mass is 15.4. The first-order valence-electron chi connectivity index (χ1n) is 4.87. The van der Waals surface area contributed by atoms with Crippen LogP contribution in [0.3, 0.4) is 0 Å². The van der Waals surface area contributed by atoms with Gasteiger partial charge in [-0.25, -0.2) is 4.68 Å². The lowest BCUT2D eigenvalue weighted by Gasteiger charge is -1.96. The Bertz CT molecular complexity index is 497. The van der Waals surface area contributed by atoms with Crippen molar-refractivity contribution in [3.63, 3.8) is 0 Å². The van der Waals surface area contributed by atoms with E-state index >= 15 is 0 Å². The lowest BCUT2D eigenvalue weighted by atomic mass is 10.3. The Kier molecular flexibility index (Phi) is 3.15. The zero-order chi connectivity index (χ0) is 11.2. The monoisotopic (exact) mass is 214 g/mol. The maximum Gasteiger partial charge on any atom is 0.0833 e. The fraction of sp³-hybridized carbons (Fsp3) is 0.200. The summed E-state index contributed by atoms with van der Waals surface area (Å²) in [6, 6.07) is 9.73. The largest absolute Gasteiger partial charge is 0.220 e. The van der Waals surface area contributed by atoms with Crippen LogP contribution in [0, 0.1) is 0 Å². The van der Waals surface area contributed by atoms with Crippen molar-refractivity contribution in [2.75, 3.05) is 6.54 Å². The molecule has 1 aromatic carbocycles. The molecule has 0 aliphatic heterocycles. The van der Waals surface area contributed by atoms with Crippen LogP contribution in [-0.4, -0.2) is 21.5 Å². The van der Waals surface area contributed by atoms with Crippen LogP contribution in [-0.2, 0) is 6.42 Å². The third-order valence-electron chi connectivity index (χ3n) is 2.09. The molecule has 0 radical (unpaired) electrons. The molecule has 0 spiro atoms. The fourth-order valence-corrected chi connectivity index (χ4v) is 1.33. The lowest BCUT2D eigenvalue weighted by Crippen LogP contribution is -1.93. The maximum atomic E-state index is 8.14. The number of para-hydroxylation sites is 1. The van der Waals surface area contributed by atoms with Crippen molar-refractivity contribution < 1.29 is 0 Å². The number of aromatic nitrogens is 3. The third-order valence-corrected chi connectivity index (χ3v) is 2.09. The van der Waals surface area contributed by atoms with E-state index in [1.807, 2.05) is 36.5 Å². The summed E-state index contributed by atoms with van der Waals surface area (Å²) in [5.41, 5.74) is 9.92. The Hall–Kier alpha value is -2.33. The van der Waals surface area contributed by atoms with Crippen molar-refractivity contribution in [2.24, 2.45) is 5.11 Å². The highest BCUT2D eigenvalue weighted by molar-refractivity contribution is 5.29. The zero-order valence-electron chi connectivity index (χ0n) is 8.56. The Morgan fingerprint density at radius 2 is 2.12 bits per heavy atom. The molecule has 2 aromatic rings. The molecule has 0 unspecified atom stereocenters. The molecule has 0 N–H and O–H groups in total. The van der Waals surface area contributed by atoms with Gasteiger partial charge in [-0.2, -0.15) is 0 Å². The minimum absolute atomic E-state index is 0.407. The van der Waals surface area contributed by atoms with Crippen LogP contribution in [0.25, 0.3) is 16.1 Å². The number of azide groups is 1. The van der Waals surface area contributed by atoms with E-state index in [0.29, 0.717) is 13.0 Å². The highest BCUT2D eigenvalue weighted by Crippen LogP contribution is 2.05. The summed E-state index contributed by atoms with van der Waals surface area (Å²) in [4.78, 5) is 2.69. The second kappa shape index (κ2) is 4.95. The molecule has 80 valence electrons. The van der Waals surface area contributed by atoms with Gasteiger partial charge in [0.25, 0.3) is 0 Å². The molecular weight excluding hydrogens is 204 g/mol. The molecule has 0 saturated heterocycles. The van der Waals surface area contributed by atoms with Crippen molar-refractivity contribution in [1.29, 1.82) is 0 Å². The van der Waals surface area contributed by atoms with Gasteiger partial charge in [0.1, 0.15) is 0 Å². The summed E-state index contributed by atoms with van der Waals surface area (Å²) in [7, 11) is 0. The summed E-state index contributed by atoms with van der Waals surface area (Å²) < 4.78 is 1.70. The SMILES string of the molecule is [N-]=[N+]=NCCc1cn(-c2ccccc2)nn1. The first kappa shape index (κ1) is 10.2. The van der Waals surface area contributed by atoms with E-state index in [-0.39, 0.29) is 0 Å². The zero-order valence-corrected chi connectivity index (χ0v) is 8.56. The predicted octanol–water partition coefficient (Wildman–Crippen LogP) is 2.12. The smallest absolute Gasteiger partial charge is 0.0833 e. The number of rotatable bonds is 4. The summed E-state index contributed by atoms with van der Waals surface area (Å²) >= 11 is 0. The molecule has 1 heterocycles. The second-order valence-electron chi connectivity index (χ2n) is 3.19. The van der Waals surface area contributed by atoms with Crippen molar-refractivity contribution in [3.8, 4) is 5.69 Å². The fourth-order valence-electron chi connectivity index (χ4n) is 1.33. The molecule has 6 heteroatoms. The number of hydrogen-bond donors (Lipinski definition) is 0. The lowest BCUT2D eigenvalue weighted by molar-refractivity contribution is 0.794. The second-order valence-corrected chi connectivity index (χ2v) is 3.19. The molecule has 2 rings (SSSR count). The minimum atomic E-state index is 0.407. The Balaban J connectivity index is 2.11. The van der Waals surface area contributed by atoms with Crippen LogP contribution in [0.15, 0.2) is 41.6 Å². The summed E-state index contributed by atoms with van der Waals surface area (Å²) in [5.74, 6) is 0. The van der Waals surface area contributed by atoms with Crippen LogP contribution in [0.5, 0.6) is 0 Å². The average molecular weight is 214 g/mol. The third kappa shape index (κ3) is 2.37. The van der Waals surface area contributed by atoms with Gasteiger partial charge in [-0.3, -0.25) is 0 Å². The van der Waals surface area contributed by atoms with Gasteiger partial charge in [0.2, 0.25) is 0 Å². The molecule has 0 aliphatic rings. The normalized spacial score (nSPS) is 9.75. The molecule has 0 amide bonds. The van der Waals surface area contributed by atoms with Crippen molar-refractivity contribution >= 4 is 0 Å². The van der Waals surface area contributed by atoms with Gasteiger partial charge < -0.3 is 0 Å². The molecule has 0 aliphatic carbocycles. The van der Waals surface area contributed by atoms with Gasteiger partial charge >= 0.3 is 0 Å². The van der Waals surface area contributed by atoms with Crippen LogP contribution in [0.2, 0.25) is 0 Å². The minimum Gasteiger partial charge on any atom is -0.220 e. The molecular formula is C10H10N6. The Morgan fingerprint density at radius 1 is 1.31 bits per heavy atom. The quantitative estimate of drug-likeness (QED) is 0.444. The first-order valence-corrected chi connectivity index (χ1v) is 4.87. The predicted molar refractivity (Wildman–Crippen MR) is 59.1 cm³/mol. The Labute approximate surface area is 92.1 Å². The number of hydrogen-bond acceptors (Lipinski definition) is 3. The highest BCUT2D eigenvalue weighted by Gasteiger charge is 2.01. The molecule has 0 atom stereocenters. The summed E-state index contributed by atoms with van der Waals surface area (Å²) in [5, 5.41) is 11.4. The standard InChI is InChI=1S/C10H10N6/c11-14-12-7-6-9-8-16(15-13-9)10-4-2-1-3-5-10/h1-5,8H,6-7H2. The van der Waals surface area contributed by atoms with Gasteiger partial charge in [-0.15, -0.1) is 5.10 Å². The van der Waals surface area contributed by atoms with E-state index in [0.717, 1.165) is 11.4 Å². The summed E-state index contributed by atoms with van der Waals surface area (Å²) in [6.07, 6.45) is 2.44. The molecule has 1 aromatic heterocycles. The van der Waals surface area contributed by atoms with Gasteiger partial charge in [-0.1, -0.05) is 28.5 Å². The van der Waals surface area contributed by atoms with E-state index in [1.54, 1.807) is 4.68 Å². The maximum absolute atomic E-state index is 8.14. The van der Waals surface area contributed by atoms with Crippen molar-refractivity contribution in [2.45, 2.75) is 6.42 Å². The van der Waals surface area contributed by atoms with E-state index in [9.17, 15) is 0 Å². The van der Waals surface area contributed by atoms with Gasteiger partial charge in [0.15, 0.2) is 0 Å². The Morgan fingerprint density at radius 3 is 2.88 bits per heavy atom. The topological polar surface area (TPSA) is 79.5 Å². The van der Waals surface area contributed by atoms with Crippen LogP contribution >= 0.6 is 0 Å². The van der Waals surface area contributed by atoms with E-state index < -0.39 is 0 Å².